The molecule has 0 aliphatic heterocycles. The first-order chi connectivity index (χ1) is 19.3. The molecule has 4 aliphatic carbocycles. The number of fused-ring (bicyclic) bond motifs is 5. The van der Waals surface area contributed by atoms with E-state index >= 15 is 0 Å². The van der Waals surface area contributed by atoms with Crippen molar-refractivity contribution in [3.05, 3.63) is 0 Å². The van der Waals surface area contributed by atoms with Crippen molar-refractivity contribution < 1.29 is 23.0 Å². The molecular formula is C32H62N2O5Si3. The van der Waals surface area contributed by atoms with Crippen LogP contribution in [0.3, 0.4) is 0 Å². The van der Waals surface area contributed by atoms with Gasteiger partial charge in [0, 0.05) is 11.5 Å². The molecule has 8 unspecified atom stereocenters. The first-order valence-corrected chi connectivity index (χ1v) is 26.7. The van der Waals surface area contributed by atoms with Gasteiger partial charge in [0.15, 0.2) is 25.0 Å². The lowest BCUT2D eigenvalue weighted by molar-refractivity contribution is -0.171. The summed E-state index contributed by atoms with van der Waals surface area (Å²) >= 11 is 0. The molecule has 0 aromatic heterocycles. The van der Waals surface area contributed by atoms with Gasteiger partial charge in [0.25, 0.3) is 0 Å². The Hall–Kier alpha value is -0.529. The lowest BCUT2D eigenvalue weighted by Gasteiger charge is -2.64. The third-order valence-electron chi connectivity index (χ3n) is 11.0. The lowest BCUT2D eigenvalue weighted by atomic mass is 9.43. The van der Waals surface area contributed by atoms with Crippen LogP contribution in [0, 0.1) is 34.5 Å². The van der Waals surface area contributed by atoms with Gasteiger partial charge in [-0.05, 0) is 139 Å². The Balaban J connectivity index is 1.82. The van der Waals surface area contributed by atoms with Crippen molar-refractivity contribution in [2.45, 2.75) is 136 Å². The predicted octanol–water partition coefficient (Wildman–Crippen LogP) is 8.31. The second-order valence-electron chi connectivity index (χ2n) is 17.2. The second-order valence-corrected chi connectivity index (χ2v) is 30.6. The molecule has 4 aliphatic rings. The zero-order chi connectivity index (χ0) is 31.4. The molecule has 8 atom stereocenters. The number of nitrogens with zero attached hydrogens (tertiary/aromatic N) is 2. The van der Waals surface area contributed by atoms with Crippen LogP contribution >= 0.6 is 0 Å². The summed E-state index contributed by atoms with van der Waals surface area (Å²) in [6, 6.07) is 0. The highest BCUT2D eigenvalue weighted by atomic mass is 28.4. The first-order valence-electron chi connectivity index (χ1n) is 16.5. The minimum Gasteiger partial charge on any atom is -0.414 e. The minimum atomic E-state index is -1.99. The molecule has 4 fully saturated rings. The molecule has 0 N–H and O–H groups in total. The van der Waals surface area contributed by atoms with Gasteiger partial charge in [0.05, 0.1) is 12.3 Å². The summed E-state index contributed by atoms with van der Waals surface area (Å²) in [5.41, 5.74) is 1.83. The SMILES string of the molecule is CO/N=C1\CCC2(C)C(CCC3C2C(O[Si](C)(C)C)CC2(C)C3CCC2(O[Si](C)(C)C)/C(CO[Si](C)(C)C)=N/OC)C1. The van der Waals surface area contributed by atoms with Crippen molar-refractivity contribution in [3.8, 4) is 0 Å². The van der Waals surface area contributed by atoms with Crippen LogP contribution in [0.25, 0.3) is 0 Å². The molecule has 4 saturated carbocycles. The van der Waals surface area contributed by atoms with Crippen LogP contribution in [0.2, 0.25) is 58.9 Å². The molecule has 0 aromatic rings. The molecule has 242 valence electrons. The Morgan fingerprint density at radius 2 is 1.55 bits per heavy atom. The molecular weight excluding hydrogens is 577 g/mol. The van der Waals surface area contributed by atoms with E-state index in [0.717, 1.165) is 37.8 Å². The summed E-state index contributed by atoms with van der Waals surface area (Å²) in [7, 11) is -2.27. The van der Waals surface area contributed by atoms with E-state index in [1.54, 1.807) is 14.2 Å². The third-order valence-corrected chi connectivity index (χ3v) is 14.0. The van der Waals surface area contributed by atoms with Gasteiger partial charge in [-0.3, -0.25) is 0 Å². The van der Waals surface area contributed by atoms with Crippen molar-refractivity contribution in [3.63, 3.8) is 0 Å². The van der Waals surface area contributed by atoms with Crippen molar-refractivity contribution >= 4 is 36.4 Å². The Bertz CT molecular complexity index is 1030. The fraction of sp³-hybridized carbons (Fsp3) is 0.938. The highest BCUT2D eigenvalue weighted by Crippen LogP contribution is 2.70. The number of rotatable bonds is 10. The number of oxime groups is 2. The Labute approximate surface area is 260 Å². The highest BCUT2D eigenvalue weighted by Gasteiger charge is 2.70. The Morgan fingerprint density at radius 3 is 2.12 bits per heavy atom. The van der Waals surface area contributed by atoms with Gasteiger partial charge in [-0.2, -0.15) is 0 Å². The van der Waals surface area contributed by atoms with Crippen LogP contribution in [0.4, 0.5) is 0 Å². The quantitative estimate of drug-likeness (QED) is 0.137. The summed E-state index contributed by atoms with van der Waals surface area (Å²) in [4.78, 5) is 10.8. The summed E-state index contributed by atoms with van der Waals surface area (Å²) in [5.74, 6) is 2.36. The van der Waals surface area contributed by atoms with Crippen LogP contribution in [0.1, 0.15) is 65.2 Å². The fourth-order valence-corrected chi connectivity index (χ4v) is 13.0. The van der Waals surface area contributed by atoms with E-state index in [0.29, 0.717) is 30.3 Å². The summed E-state index contributed by atoms with van der Waals surface area (Å²) in [5, 5.41) is 9.19. The van der Waals surface area contributed by atoms with E-state index in [9.17, 15) is 0 Å². The normalized spacial score (nSPS) is 40.4. The van der Waals surface area contributed by atoms with Gasteiger partial charge in [0.1, 0.15) is 25.5 Å². The standard InChI is InChI=1S/C32H62N2O5Si3/c1-30-18-16-24(33-35-3)20-23(30)14-15-25-26-17-19-32(39-42(11,12)13,28(34-36-4)22-37-40(5,6)7)31(26,2)21-27(29(25)30)38-41(8,9)10/h23,25-27,29H,14-22H2,1-13H3/b33-24+,34-28+. The minimum absolute atomic E-state index is 0.112. The second kappa shape index (κ2) is 12.0. The number of hydrogen-bond acceptors (Lipinski definition) is 7. The van der Waals surface area contributed by atoms with E-state index in [1.807, 2.05) is 0 Å². The molecule has 0 bridgehead atoms. The first kappa shape index (κ1) is 34.3. The molecule has 0 heterocycles. The average molecular weight is 639 g/mol. The third kappa shape index (κ3) is 6.69. The maximum Gasteiger partial charge on any atom is 0.185 e. The summed E-state index contributed by atoms with van der Waals surface area (Å²) in [6.45, 7) is 26.4. The zero-order valence-electron chi connectivity index (χ0n) is 29.2. The topological polar surface area (TPSA) is 70.9 Å². The average Bonchev–Trinajstić information content (AvgIpc) is 3.11. The van der Waals surface area contributed by atoms with E-state index in [2.05, 4.69) is 77.9 Å². The molecule has 4 rings (SSSR count). The van der Waals surface area contributed by atoms with Crippen LogP contribution in [-0.2, 0) is 23.0 Å². The molecule has 7 nitrogen and oxygen atoms in total. The van der Waals surface area contributed by atoms with Crippen LogP contribution < -0.4 is 0 Å². The molecule has 0 radical (unpaired) electrons. The van der Waals surface area contributed by atoms with E-state index < -0.39 is 30.6 Å². The molecule has 10 heteroatoms. The molecule has 42 heavy (non-hydrogen) atoms. The maximum atomic E-state index is 7.46. The molecule has 0 aromatic carbocycles. The molecule has 0 amide bonds. The summed E-state index contributed by atoms with van der Waals surface area (Å²) < 4.78 is 21.4. The van der Waals surface area contributed by atoms with Gasteiger partial charge in [0.2, 0.25) is 0 Å². The van der Waals surface area contributed by atoms with Gasteiger partial charge in [-0.15, -0.1) is 0 Å². The van der Waals surface area contributed by atoms with Crippen molar-refractivity contribution in [2.24, 2.45) is 44.8 Å². The highest BCUT2D eigenvalue weighted by molar-refractivity contribution is 6.70. The van der Waals surface area contributed by atoms with E-state index in [4.69, 9.17) is 28.1 Å². The van der Waals surface area contributed by atoms with E-state index in [1.165, 1.54) is 25.0 Å². The van der Waals surface area contributed by atoms with Crippen molar-refractivity contribution in [1.82, 2.24) is 0 Å². The largest absolute Gasteiger partial charge is 0.414 e. The van der Waals surface area contributed by atoms with E-state index in [-0.39, 0.29) is 16.9 Å². The van der Waals surface area contributed by atoms with Gasteiger partial charge >= 0.3 is 0 Å². The van der Waals surface area contributed by atoms with Gasteiger partial charge < -0.3 is 23.0 Å². The maximum absolute atomic E-state index is 7.46. The Kier molecular flexibility index (Phi) is 9.82. The molecule has 0 spiro atoms. The summed E-state index contributed by atoms with van der Waals surface area (Å²) in [6.07, 6.45) is 9.13. The van der Waals surface area contributed by atoms with Crippen LogP contribution in [-0.4, -0.2) is 68.9 Å². The van der Waals surface area contributed by atoms with Crippen molar-refractivity contribution in [2.75, 3.05) is 20.8 Å². The predicted molar refractivity (Wildman–Crippen MR) is 181 cm³/mol. The monoisotopic (exact) mass is 638 g/mol. The van der Waals surface area contributed by atoms with Gasteiger partial charge in [-0.1, -0.05) is 24.2 Å². The smallest absolute Gasteiger partial charge is 0.185 e. The molecule has 0 saturated heterocycles. The van der Waals surface area contributed by atoms with Crippen LogP contribution in [0.15, 0.2) is 10.3 Å². The van der Waals surface area contributed by atoms with Crippen LogP contribution in [0.5, 0.6) is 0 Å². The van der Waals surface area contributed by atoms with Gasteiger partial charge in [-0.25, -0.2) is 0 Å². The zero-order valence-corrected chi connectivity index (χ0v) is 32.2. The number of hydrogen-bond donors (Lipinski definition) is 0. The van der Waals surface area contributed by atoms with Crippen molar-refractivity contribution in [1.29, 1.82) is 0 Å². The fourth-order valence-electron chi connectivity index (χ4n) is 9.75. The lowest BCUT2D eigenvalue weighted by Crippen LogP contribution is -2.66. The Morgan fingerprint density at radius 1 is 0.857 bits per heavy atom.